The maximum atomic E-state index is 13.5. The average Bonchev–Trinajstić information content (AvgIpc) is 3.17. The van der Waals surface area contributed by atoms with E-state index in [1.165, 1.54) is 36.2 Å². The normalized spacial score (nSPS) is 12.5. The first-order chi connectivity index (χ1) is 13.2. The highest BCUT2D eigenvalue weighted by molar-refractivity contribution is 8.00. The number of unbranched alkanes of at least 4 members (excludes halogenated alkanes) is 1. The fraction of sp³-hybridized carbons (Fsp3) is 0.368. The molecule has 1 heterocycles. The molecule has 0 saturated carbocycles. The second-order valence-corrected chi connectivity index (χ2v) is 7.49. The number of carbonyl (C=O) groups excluding carboxylic acids is 2. The topological polar surface area (TPSA) is 71.3 Å². The molecule has 1 unspecified atom stereocenters. The Kier molecular flexibility index (Phi) is 7.56. The first kappa shape index (κ1) is 21.9. The minimum atomic E-state index is -4.70. The monoisotopic (exact) mass is 414 g/mol. The molecule has 0 fully saturated rings. The lowest BCUT2D eigenvalue weighted by atomic mass is 10.1. The number of hydrogen-bond acceptors (Lipinski definition) is 4. The van der Waals surface area contributed by atoms with Crippen LogP contribution in [0.1, 0.15) is 42.8 Å². The Morgan fingerprint density at radius 3 is 2.57 bits per heavy atom. The van der Waals surface area contributed by atoms with E-state index in [-0.39, 0.29) is 17.1 Å². The van der Waals surface area contributed by atoms with E-state index >= 15 is 0 Å². The third kappa shape index (κ3) is 6.05. The number of carbonyl (C=O) groups is 2. The lowest BCUT2D eigenvalue weighted by molar-refractivity contribution is -0.136. The number of halogens is 3. The van der Waals surface area contributed by atoms with Crippen molar-refractivity contribution in [3.05, 3.63) is 47.9 Å². The highest BCUT2D eigenvalue weighted by atomic mass is 32.2. The number of benzene rings is 1. The standard InChI is InChI=1S/C19H21F3N2O3S/c1-3-4-10-28-12(2)17(25)24-15-8-7-13(11-14(15)19(20,21)22)23-18(26)16-6-5-9-27-16/h5-9,11-12H,3-4,10H2,1-2H3,(H,23,26)(H,24,25). The van der Waals surface area contributed by atoms with E-state index in [2.05, 4.69) is 10.6 Å². The van der Waals surface area contributed by atoms with Crippen molar-refractivity contribution in [3.8, 4) is 0 Å². The van der Waals surface area contributed by atoms with Crippen LogP contribution in [0.3, 0.4) is 0 Å². The van der Waals surface area contributed by atoms with Crippen LogP contribution in [0.2, 0.25) is 0 Å². The molecule has 0 bridgehead atoms. The molecule has 5 nitrogen and oxygen atoms in total. The molecule has 0 aliphatic carbocycles. The zero-order valence-corrected chi connectivity index (χ0v) is 16.2. The van der Waals surface area contributed by atoms with E-state index in [4.69, 9.17) is 4.42 Å². The number of alkyl halides is 3. The molecule has 152 valence electrons. The minimum Gasteiger partial charge on any atom is -0.459 e. The van der Waals surface area contributed by atoms with Crippen molar-refractivity contribution < 1.29 is 27.2 Å². The summed E-state index contributed by atoms with van der Waals surface area (Å²) in [5.74, 6) is -0.437. The van der Waals surface area contributed by atoms with Crippen LogP contribution in [-0.2, 0) is 11.0 Å². The average molecular weight is 414 g/mol. The van der Waals surface area contributed by atoms with Crippen LogP contribution in [0.4, 0.5) is 24.5 Å². The van der Waals surface area contributed by atoms with Gasteiger partial charge in [-0.15, -0.1) is 11.8 Å². The van der Waals surface area contributed by atoms with Crippen molar-refractivity contribution >= 4 is 35.0 Å². The summed E-state index contributed by atoms with van der Waals surface area (Å²) in [5.41, 5.74) is -1.45. The maximum absolute atomic E-state index is 13.5. The Morgan fingerprint density at radius 2 is 1.96 bits per heavy atom. The number of rotatable bonds is 8. The number of thioether (sulfide) groups is 1. The second kappa shape index (κ2) is 9.68. The van der Waals surface area contributed by atoms with Crippen LogP contribution in [0.15, 0.2) is 41.0 Å². The van der Waals surface area contributed by atoms with Gasteiger partial charge in [-0.1, -0.05) is 13.3 Å². The van der Waals surface area contributed by atoms with E-state index in [0.29, 0.717) is 0 Å². The Labute approximate surface area is 165 Å². The van der Waals surface area contributed by atoms with Crippen molar-refractivity contribution in [2.24, 2.45) is 0 Å². The molecular weight excluding hydrogens is 393 g/mol. The summed E-state index contributed by atoms with van der Waals surface area (Å²) < 4.78 is 45.3. The lowest BCUT2D eigenvalue weighted by Gasteiger charge is -2.17. The van der Waals surface area contributed by atoms with Crippen LogP contribution >= 0.6 is 11.8 Å². The predicted octanol–water partition coefficient (Wildman–Crippen LogP) is 5.41. The Hall–Kier alpha value is -2.42. The SMILES string of the molecule is CCCCSC(C)C(=O)Nc1ccc(NC(=O)c2ccco2)cc1C(F)(F)F. The minimum absolute atomic E-state index is 0.0242. The second-order valence-electron chi connectivity index (χ2n) is 6.05. The third-order valence-corrected chi connectivity index (χ3v) is 5.06. The van der Waals surface area contributed by atoms with Crippen molar-refractivity contribution in [2.45, 2.75) is 38.1 Å². The van der Waals surface area contributed by atoms with Crippen molar-refractivity contribution in [2.75, 3.05) is 16.4 Å². The molecule has 2 amide bonds. The summed E-state index contributed by atoms with van der Waals surface area (Å²) in [5, 5.41) is 4.21. The van der Waals surface area contributed by atoms with Crippen LogP contribution in [0.25, 0.3) is 0 Å². The molecule has 1 atom stereocenters. The number of hydrogen-bond donors (Lipinski definition) is 2. The van der Waals surface area contributed by atoms with E-state index in [9.17, 15) is 22.8 Å². The molecule has 28 heavy (non-hydrogen) atoms. The van der Waals surface area contributed by atoms with Crippen LogP contribution in [0.5, 0.6) is 0 Å². The molecule has 2 N–H and O–H groups in total. The summed E-state index contributed by atoms with van der Waals surface area (Å²) in [6.45, 7) is 3.67. The highest BCUT2D eigenvalue weighted by Gasteiger charge is 2.34. The van der Waals surface area contributed by atoms with Gasteiger partial charge in [0.2, 0.25) is 5.91 Å². The van der Waals surface area contributed by atoms with Gasteiger partial charge in [0, 0.05) is 5.69 Å². The van der Waals surface area contributed by atoms with E-state index in [0.717, 1.165) is 30.7 Å². The summed E-state index contributed by atoms with van der Waals surface area (Å²) in [4.78, 5) is 24.2. The van der Waals surface area contributed by atoms with Crippen molar-refractivity contribution in [3.63, 3.8) is 0 Å². The highest BCUT2D eigenvalue weighted by Crippen LogP contribution is 2.37. The van der Waals surface area contributed by atoms with Gasteiger partial charge in [-0.05, 0) is 49.4 Å². The smallest absolute Gasteiger partial charge is 0.418 e. The van der Waals surface area contributed by atoms with E-state index < -0.39 is 28.8 Å². The molecule has 2 rings (SSSR count). The summed E-state index contributed by atoms with van der Waals surface area (Å²) >= 11 is 1.39. The number of amides is 2. The van der Waals surface area contributed by atoms with Crippen molar-refractivity contribution in [1.29, 1.82) is 0 Å². The first-order valence-electron chi connectivity index (χ1n) is 8.71. The predicted molar refractivity (Wildman–Crippen MR) is 104 cm³/mol. The van der Waals surface area contributed by atoms with Gasteiger partial charge in [-0.3, -0.25) is 9.59 Å². The summed E-state index contributed by atoms with van der Waals surface area (Å²) in [6.07, 6.45) is -1.51. The molecule has 1 aromatic carbocycles. The first-order valence-corrected chi connectivity index (χ1v) is 9.75. The maximum Gasteiger partial charge on any atom is 0.418 e. The lowest BCUT2D eigenvalue weighted by Crippen LogP contribution is -2.24. The molecule has 1 aromatic heterocycles. The van der Waals surface area contributed by atoms with Gasteiger partial charge in [0.15, 0.2) is 5.76 Å². The molecule has 2 aromatic rings. The summed E-state index contributed by atoms with van der Waals surface area (Å²) in [7, 11) is 0. The molecule has 0 aliphatic heterocycles. The van der Waals surface area contributed by atoms with Gasteiger partial charge >= 0.3 is 6.18 Å². The van der Waals surface area contributed by atoms with Gasteiger partial charge < -0.3 is 15.1 Å². The Morgan fingerprint density at radius 1 is 1.21 bits per heavy atom. The molecule has 0 aliphatic rings. The van der Waals surface area contributed by atoms with Gasteiger partial charge in [-0.25, -0.2) is 0 Å². The van der Waals surface area contributed by atoms with Gasteiger partial charge in [0.05, 0.1) is 22.8 Å². The van der Waals surface area contributed by atoms with Crippen molar-refractivity contribution in [1.82, 2.24) is 0 Å². The zero-order chi connectivity index (χ0) is 20.7. The molecule has 0 saturated heterocycles. The van der Waals surface area contributed by atoms with Gasteiger partial charge in [0.25, 0.3) is 5.91 Å². The van der Waals surface area contributed by atoms with Gasteiger partial charge in [-0.2, -0.15) is 13.2 Å². The van der Waals surface area contributed by atoms with E-state index in [1.807, 2.05) is 6.92 Å². The number of nitrogens with one attached hydrogen (secondary N) is 2. The largest absolute Gasteiger partial charge is 0.459 e. The number of furan rings is 1. The van der Waals surface area contributed by atoms with Crippen LogP contribution in [0, 0.1) is 0 Å². The zero-order valence-electron chi connectivity index (χ0n) is 15.4. The fourth-order valence-corrected chi connectivity index (χ4v) is 3.30. The van der Waals surface area contributed by atoms with E-state index in [1.54, 1.807) is 6.92 Å². The molecule has 0 spiro atoms. The third-order valence-electron chi connectivity index (χ3n) is 3.82. The fourth-order valence-electron chi connectivity index (χ4n) is 2.28. The molecule has 0 radical (unpaired) electrons. The molecule has 9 heteroatoms. The van der Waals surface area contributed by atoms with Crippen LogP contribution in [-0.4, -0.2) is 22.8 Å². The van der Waals surface area contributed by atoms with Crippen LogP contribution < -0.4 is 10.6 Å². The van der Waals surface area contributed by atoms with Gasteiger partial charge in [0.1, 0.15) is 0 Å². The Bertz CT molecular complexity index is 807. The quantitative estimate of drug-likeness (QED) is 0.567. The molecular formula is C19H21F3N2O3S. The number of anilines is 2. The summed E-state index contributed by atoms with van der Waals surface area (Å²) in [6, 6.07) is 6.09. The Balaban J connectivity index is 2.16.